The Morgan fingerprint density at radius 1 is 0.875 bits per heavy atom. The summed E-state index contributed by atoms with van der Waals surface area (Å²) in [7, 11) is 3.16. The molecule has 0 bridgehead atoms. The van der Waals surface area contributed by atoms with E-state index in [-0.39, 0.29) is 5.25 Å². The third kappa shape index (κ3) is 3.83. The molecule has 0 saturated carbocycles. The van der Waals surface area contributed by atoms with Gasteiger partial charge in [0.1, 0.15) is 0 Å². The van der Waals surface area contributed by atoms with Crippen LogP contribution in [-0.4, -0.2) is 29.2 Å². The molecule has 1 aromatic carbocycles. The number of rotatable bonds is 6. The Hall–Kier alpha value is -2.60. The molecule has 0 radical (unpaired) electrons. The van der Waals surface area contributed by atoms with Gasteiger partial charge in [-0.25, -0.2) is 4.98 Å². The van der Waals surface area contributed by atoms with Crippen LogP contribution < -0.4 is 9.47 Å². The van der Waals surface area contributed by atoms with Gasteiger partial charge in [0.15, 0.2) is 5.82 Å². The van der Waals surface area contributed by atoms with Crippen LogP contribution in [0.3, 0.4) is 0 Å². The molecule has 0 N–H and O–H groups in total. The molecule has 0 fully saturated rings. The third-order valence-corrected chi connectivity index (χ3v) is 4.53. The summed E-state index contributed by atoms with van der Waals surface area (Å²) in [5.74, 6) is 1.56. The van der Waals surface area contributed by atoms with Crippen molar-refractivity contribution < 1.29 is 9.47 Å². The van der Waals surface area contributed by atoms with Crippen molar-refractivity contribution in [1.82, 2.24) is 15.0 Å². The summed E-state index contributed by atoms with van der Waals surface area (Å²) < 4.78 is 10.6. The number of ether oxygens (including phenoxy) is 2. The number of thioether (sulfide) groups is 1. The van der Waals surface area contributed by atoms with Crippen molar-refractivity contribution in [1.29, 1.82) is 0 Å². The van der Waals surface area contributed by atoms with Crippen molar-refractivity contribution in [3.8, 4) is 11.8 Å². The largest absolute Gasteiger partial charge is 0.481 e. The average Bonchev–Trinajstić information content (AvgIpc) is 2.67. The summed E-state index contributed by atoms with van der Waals surface area (Å²) in [6.45, 7) is 0. The first-order chi connectivity index (χ1) is 11.8. The summed E-state index contributed by atoms with van der Waals surface area (Å²) in [6.07, 6.45) is 1.78. The summed E-state index contributed by atoms with van der Waals surface area (Å²) >= 11 is 1.59. The number of nitrogens with zero attached hydrogens (tertiary/aromatic N) is 3. The van der Waals surface area contributed by atoms with E-state index in [9.17, 15) is 0 Å². The zero-order valence-electron chi connectivity index (χ0n) is 13.4. The Morgan fingerprint density at radius 3 is 2.12 bits per heavy atom. The number of hydrogen-bond acceptors (Lipinski definition) is 6. The highest BCUT2D eigenvalue weighted by atomic mass is 32.2. The minimum Gasteiger partial charge on any atom is -0.481 e. The lowest BCUT2D eigenvalue weighted by Crippen LogP contribution is -2.06. The SMILES string of the molecule is COc1cc(OC)nc([C@@H](Sc2ccccn2)c2ccccc2)n1. The first kappa shape index (κ1) is 16.3. The normalized spacial score (nSPS) is 11.8. The van der Waals surface area contributed by atoms with Gasteiger partial charge >= 0.3 is 0 Å². The van der Waals surface area contributed by atoms with Crippen molar-refractivity contribution in [3.63, 3.8) is 0 Å². The van der Waals surface area contributed by atoms with Gasteiger partial charge in [0.2, 0.25) is 11.8 Å². The van der Waals surface area contributed by atoms with Gasteiger partial charge in [0, 0.05) is 6.20 Å². The van der Waals surface area contributed by atoms with Gasteiger partial charge in [-0.1, -0.05) is 48.2 Å². The molecule has 24 heavy (non-hydrogen) atoms. The third-order valence-electron chi connectivity index (χ3n) is 3.33. The molecule has 6 heteroatoms. The van der Waals surface area contributed by atoms with Crippen LogP contribution in [0.25, 0.3) is 0 Å². The van der Waals surface area contributed by atoms with Gasteiger partial charge in [-0.05, 0) is 17.7 Å². The minimum atomic E-state index is -0.120. The predicted octanol–water partition coefficient (Wildman–Crippen LogP) is 3.77. The maximum absolute atomic E-state index is 5.28. The van der Waals surface area contributed by atoms with Crippen molar-refractivity contribution in [2.75, 3.05) is 14.2 Å². The number of methoxy groups -OCH3 is 2. The van der Waals surface area contributed by atoms with Crippen LogP contribution in [0, 0.1) is 0 Å². The van der Waals surface area contributed by atoms with Crippen LogP contribution in [0.4, 0.5) is 0 Å². The highest BCUT2D eigenvalue weighted by molar-refractivity contribution is 7.99. The average molecular weight is 339 g/mol. The van der Waals surface area contributed by atoms with Gasteiger partial charge in [-0.15, -0.1) is 0 Å². The fraction of sp³-hybridized carbons (Fsp3) is 0.167. The molecule has 0 amide bonds. The van der Waals surface area contributed by atoms with Gasteiger partial charge in [-0.2, -0.15) is 9.97 Å². The zero-order valence-corrected chi connectivity index (χ0v) is 14.2. The van der Waals surface area contributed by atoms with E-state index in [4.69, 9.17) is 9.47 Å². The Morgan fingerprint density at radius 2 is 1.54 bits per heavy atom. The molecule has 0 aliphatic rings. The van der Waals surface area contributed by atoms with Crippen LogP contribution in [0.15, 0.2) is 65.8 Å². The Kier molecular flexibility index (Phi) is 5.28. The standard InChI is InChI=1S/C18H17N3O2S/c1-22-14-12-15(23-2)21-18(20-14)17(13-8-4-3-5-9-13)24-16-10-6-7-11-19-16/h3-12,17H,1-2H3/t17-/m0/s1. The van der Waals surface area contributed by atoms with E-state index in [0.717, 1.165) is 10.6 Å². The molecular formula is C18H17N3O2S. The van der Waals surface area contributed by atoms with E-state index in [1.807, 2.05) is 36.4 Å². The maximum atomic E-state index is 5.28. The minimum absolute atomic E-state index is 0.120. The van der Waals surface area contributed by atoms with Gasteiger partial charge < -0.3 is 9.47 Å². The summed E-state index contributed by atoms with van der Waals surface area (Å²) in [5, 5.41) is 0.779. The Balaban J connectivity index is 2.04. The van der Waals surface area contributed by atoms with E-state index >= 15 is 0 Å². The second-order valence-corrected chi connectivity index (χ2v) is 6.01. The lowest BCUT2D eigenvalue weighted by Gasteiger charge is -2.16. The van der Waals surface area contributed by atoms with Crippen molar-refractivity contribution >= 4 is 11.8 Å². The van der Waals surface area contributed by atoms with Crippen molar-refractivity contribution in [3.05, 3.63) is 72.2 Å². The highest BCUT2D eigenvalue weighted by Crippen LogP contribution is 2.39. The van der Waals surface area contributed by atoms with E-state index < -0.39 is 0 Å². The molecule has 0 aliphatic carbocycles. The maximum Gasteiger partial charge on any atom is 0.220 e. The molecule has 2 heterocycles. The highest BCUT2D eigenvalue weighted by Gasteiger charge is 2.21. The molecule has 0 spiro atoms. The number of hydrogen-bond donors (Lipinski definition) is 0. The fourth-order valence-corrected chi connectivity index (χ4v) is 3.21. The van der Waals surface area contributed by atoms with Crippen LogP contribution in [0.1, 0.15) is 16.6 Å². The van der Waals surface area contributed by atoms with E-state index in [2.05, 4.69) is 27.1 Å². The lowest BCUT2D eigenvalue weighted by molar-refractivity contribution is 0.368. The zero-order chi connectivity index (χ0) is 16.8. The quantitative estimate of drug-likeness (QED) is 0.637. The fourth-order valence-electron chi connectivity index (χ4n) is 2.18. The van der Waals surface area contributed by atoms with Crippen LogP contribution in [0.2, 0.25) is 0 Å². The van der Waals surface area contributed by atoms with Gasteiger partial charge in [0.05, 0.1) is 30.6 Å². The van der Waals surface area contributed by atoms with Crippen molar-refractivity contribution in [2.24, 2.45) is 0 Å². The molecule has 3 rings (SSSR count). The molecule has 0 aliphatic heterocycles. The number of pyridine rings is 1. The Bertz CT molecular complexity index is 763. The molecule has 0 unspecified atom stereocenters. The summed E-state index contributed by atoms with van der Waals surface area (Å²) in [5.41, 5.74) is 1.09. The number of aromatic nitrogens is 3. The molecule has 122 valence electrons. The van der Waals surface area contributed by atoms with Gasteiger partial charge in [-0.3, -0.25) is 0 Å². The Labute approximate surface area is 145 Å². The summed E-state index contributed by atoms with van der Waals surface area (Å²) in [6, 6.07) is 17.6. The first-order valence-corrected chi connectivity index (χ1v) is 8.27. The molecule has 0 saturated heterocycles. The first-order valence-electron chi connectivity index (χ1n) is 7.39. The van der Waals surface area contributed by atoms with Crippen LogP contribution in [0.5, 0.6) is 11.8 Å². The van der Waals surface area contributed by atoms with Crippen molar-refractivity contribution in [2.45, 2.75) is 10.3 Å². The molecule has 3 aromatic rings. The van der Waals surface area contributed by atoms with E-state index in [1.54, 1.807) is 38.2 Å². The smallest absolute Gasteiger partial charge is 0.220 e. The van der Waals surface area contributed by atoms with Crippen LogP contribution >= 0.6 is 11.8 Å². The molecule has 5 nitrogen and oxygen atoms in total. The second kappa shape index (κ2) is 7.79. The van der Waals surface area contributed by atoms with E-state index in [1.165, 1.54) is 0 Å². The van der Waals surface area contributed by atoms with Gasteiger partial charge in [0.25, 0.3) is 0 Å². The predicted molar refractivity (Wildman–Crippen MR) is 93.5 cm³/mol. The second-order valence-electron chi connectivity index (χ2n) is 4.89. The number of benzene rings is 1. The van der Waals surface area contributed by atoms with Crippen LogP contribution in [-0.2, 0) is 0 Å². The molecule has 2 aromatic heterocycles. The molecular weight excluding hydrogens is 322 g/mol. The summed E-state index contributed by atoms with van der Waals surface area (Å²) in [4.78, 5) is 13.4. The lowest BCUT2D eigenvalue weighted by atomic mass is 10.1. The monoisotopic (exact) mass is 339 g/mol. The topological polar surface area (TPSA) is 57.1 Å². The van der Waals surface area contributed by atoms with E-state index in [0.29, 0.717) is 17.6 Å². The molecule has 1 atom stereocenters.